The Morgan fingerprint density at radius 2 is 1.81 bits per heavy atom. The molecule has 160 valence electrons. The Kier molecular flexibility index (Phi) is 6.13. The van der Waals surface area contributed by atoms with Gasteiger partial charge in [-0.25, -0.2) is 4.99 Å². The number of amidine groups is 1. The predicted octanol–water partition coefficient (Wildman–Crippen LogP) is 4.12. The molecule has 2 aliphatic rings. The SMILES string of the molecule is CNC(=O)C1=C(C)N=C2SCCCN2C1c1ccc(NC(=O)c2ccccc2C)cc1. The van der Waals surface area contributed by atoms with Gasteiger partial charge < -0.3 is 15.5 Å². The largest absolute Gasteiger partial charge is 0.355 e. The van der Waals surface area contributed by atoms with Gasteiger partial charge in [0.15, 0.2) is 5.17 Å². The number of nitrogens with zero attached hydrogens (tertiary/aromatic N) is 2. The average Bonchev–Trinajstić information content (AvgIpc) is 2.78. The average molecular weight is 435 g/mol. The molecule has 1 atom stereocenters. The lowest BCUT2D eigenvalue weighted by Crippen LogP contribution is -2.43. The molecule has 1 unspecified atom stereocenters. The van der Waals surface area contributed by atoms with Crippen LogP contribution < -0.4 is 10.6 Å². The van der Waals surface area contributed by atoms with Crippen LogP contribution in [0.15, 0.2) is 64.8 Å². The molecular formula is C24H26N4O2S. The molecule has 6 nitrogen and oxygen atoms in total. The van der Waals surface area contributed by atoms with Gasteiger partial charge in [-0.2, -0.15) is 0 Å². The number of benzene rings is 2. The van der Waals surface area contributed by atoms with Crippen LogP contribution in [0.3, 0.4) is 0 Å². The predicted molar refractivity (Wildman–Crippen MR) is 126 cm³/mol. The smallest absolute Gasteiger partial charge is 0.255 e. The summed E-state index contributed by atoms with van der Waals surface area (Å²) in [6, 6.07) is 15.1. The van der Waals surface area contributed by atoms with Crippen LogP contribution in [0.4, 0.5) is 5.69 Å². The molecule has 4 rings (SSSR count). The summed E-state index contributed by atoms with van der Waals surface area (Å²) in [5.74, 6) is 0.791. The number of likely N-dealkylation sites (N-methyl/N-ethyl adjacent to an activating group) is 1. The number of carbonyl (C=O) groups excluding carboxylic acids is 2. The highest BCUT2D eigenvalue weighted by atomic mass is 32.2. The zero-order valence-electron chi connectivity index (χ0n) is 17.9. The Balaban J connectivity index is 1.62. The van der Waals surface area contributed by atoms with Crippen LogP contribution in [0.5, 0.6) is 0 Å². The number of hydrogen-bond acceptors (Lipinski definition) is 5. The molecule has 0 aliphatic carbocycles. The van der Waals surface area contributed by atoms with Crippen LogP contribution in [0, 0.1) is 6.92 Å². The first kappa shape index (κ1) is 21.2. The fraction of sp³-hybridized carbons (Fsp3) is 0.292. The summed E-state index contributed by atoms with van der Waals surface area (Å²) in [6.07, 6.45) is 1.05. The van der Waals surface area contributed by atoms with Crippen molar-refractivity contribution >= 4 is 34.4 Å². The van der Waals surface area contributed by atoms with E-state index in [0.29, 0.717) is 11.1 Å². The van der Waals surface area contributed by atoms with Gasteiger partial charge >= 0.3 is 0 Å². The quantitative estimate of drug-likeness (QED) is 0.759. The molecule has 2 aliphatic heterocycles. The zero-order valence-corrected chi connectivity index (χ0v) is 18.8. The van der Waals surface area contributed by atoms with E-state index in [4.69, 9.17) is 4.99 Å². The molecule has 7 heteroatoms. The van der Waals surface area contributed by atoms with E-state index in [2.05, 4.69) is 15.5 Å². The number of carbonyl (C=O) groups is 2. The van der Waals surface area contributed by atoms with Gasteiger partial charge in [0.1, 0.15) is 0 Å². The highest BCUT2D eigenvalue weighted by molar-refractivity contribution is 8.13. The lowest BCUT2D eigenvalue weighted by Gasteiger charge is -2.40. The summed E-state index contributed by atoms with van der Waals surface area (Å²) in [6.45, 7) is 4.68. The first-order valence-electron chi connectivity index (χ1n) is 10.4. The van der Waals surface area contributed by atoms with Gasteiger partial charge in [0, 0.05) is 30.6 Å². The van der Waals surface area contributed by atoms with E-state index in [-0.39, 0.29) is 17.9 Å². The summed E-state index contributed by atoms with van der Waals surface area (Å²) in [4.78, 5) is 32.3. The summed E-state index contributed by atoms with van der Waals surface area (Å²) < 4.78 is 0. The number of fused-ring (bicyclic) bond motifs is 1. The zero-order chi connectivity index (χ0) is 22.0. The standard InChI is InChI=1S/C24H26N4O2S/c1-15-7-4-5-8-19(15)22(29)27-18-11-9-17(10-12-18)21-20(23(30)25-3)16(2)26-24-28(21)13-6-14-31-24/h4-5,7-12,21H,6,13-14H2,1-3H3,(H,25,30)(H,27,29). The number of anilines is 1. The molecular weight excluding hydrogens is 408 g/mol. The van der Waals surface area contributed by atoms with Crippen molar-refractivity contribution in [3.05, 3.63) is 76.5 Å². The van der Waals surface area contributed by atoms with Crippen LogP contribution >= 0.6 is 11.8 Å². The van der Waals surface area contributed by atoms with Gasteiger partial charge in [-0.15, -0.1) is 0 Å². The lowest BCUT2D eigenvalue weighted by molar-refractivity contribution is -0.117. The van der Waals surface area contributed by atoms with Crippen LogP contribution in [0.2, 0.25) is 0 Å². The number of nitrogens with one attached hydrogen (secondary N) is 2. The second kappa shape index (κ2) is 8.98. The summed E-state index contributed by atoms with van der Waals surface area (Å²) in [7, 11) is 1.65. The topological polar surface area (TPSA) is 73.8 Å². The first-order chi connectivity index (χ1) is 15.0. The van der Waals surface area contributed by atoms with Crippen molar-refractivity contribution in [1.29, 1.82) is 0 Å². The van der Waals surface area contributed by atoms with Crippen LogP contribution in [0.25, 0.3) is 0 Å². The van der Waals surface area contributed by atoms with Gasteiger partial charge in [-0.1, -0.05) is 42.1 Å². The maximum absolute atomic E-state index is 12.7. The Morgan fingerprint density at radius 3 is 2.52 bits per heavy atom. The second-order valence-electron chi connectivity index (χ2n) is 7.66. The molecule has 1 fully saturated rings. The van der Waals surface area contributed by atoms with Crippen molar-refractivity contribution in [2.45, 2.75) is 26.3 Å². The second-order valence-corrected chi connectivity index (χ2v) is 8.72. The number of aryl methyl sites for hydroxylation is 1. The third-order valence-electron chi connectivity index (χ3n) is 5.60. The molecule has 0 radical (unpaired) electrons. The van der Waals surface area contributed by atoms with E-state index in [9.17, 15) is 9.59 Å². The van der Waals surface area contributed by atoms with Crippen molar-refractivity contribution in [2.24, 2.45) is 4.99 Å². The summed E-state index contributed by atoms with van der Waals surface area (Å²) in [5.41, 5.74) is 4.74. The van der Waals surface area contributed by atoms with Gasteiger partial charge in [-0.3, -0.25) is 9.59 Å². The summed E-state index contributed by atoms with van der Waals surface area (Å²) >= 11 is 1.73. The van der Waals surface area contributed by atoms with E-state index in [1.807, 2.05) is 62.4 Å². The minimum absolute atomic E-state index is 0.113. The summed E-state index contributed by atoms with van der Waals surface area (Å²) in [5, 5.41) is 6.70. The molecule has 2 aromatic carbocycles. The first-order valence-corrected chi connectivity index (χ1v) is 11.4. The third kappa shape index (κ3) is 4.23. The molecule has 31 heavy (non-hydrogen) atoms. The number of aliphatic imine (C=N–C) groups is 1. The number of allylic oxidation sites excluding steroid dienone is 1. The van der Waals surface area contributed by atoms with E-state index in [1.54, 1.807) is 18.8 Å². The van der Waals surface area contributed by atoms with Crippen molar-refractivity contribution in [3.8, 4) is 0 Å². The van der Waals surface area contributed by atoms with Crippen LogP contribution in [-0.4, -0.2) is 41.2 Å². The highest BCUT2D eigenvalue weighted by Gasteiger charge is 2.36. The number of hydrogen-bond donors (Lipinski definition) is 2. The lowest BCUT2D eigenvalue weighted by atomic mass is 9.93. The number of amides is 2. The minimum atomic E-state index is -0.193. The molecule has 2 aromatic rings. The molecule has 0 saturated carbocycles. The van der Waals surface area contributed by atoms with Crippen molar-refractivity contribution in [2.75, 3.05) is 24.7 Å². The molecule has 2 N–H and O–H groups in total. The maximum Gasteiger partial charge on any atom is 0.255 e. The molecule has 0 bridgehead atoms. The Labute approximate surface area is 186 Å². The van der Waals surface area contributed by atoms with Gasteiger partial charge in [-0.05, 0) is 49.6 Å². The van der Waals surface area contributed by atoms with Crippen LogP contribution in [-0.2, 0) is 4.79 Å². The van der Waals surface area contributed by atoms with Gasteiger partial charge in [0.05, 0.1) is 17.3 Å². The van der Waals surface area contributed by atoms with Gasteiger partial charge in [0.25, 0.3) is 11.8 Å². The van der Waals surface area contributed by atoms with E-state index < -0.39 is 0 Å². The number of rotatable bonds is 4. The highest BCUT2D eigenvalue weighted by Crippen LogP contribution is 2.39. The fourth-order valence-corrected chi connectivity index (χ4v) is 5.03. The maximum atomic E-state index is 12.7. The molecule has 2 amide bonds. The fourth-order valence-electron chi connectivity index (χ4n) is 4.01. The monoisotopic (exact) mass is 434 g/mol. The number of thioether (sulfide) groups is 1. The van der Waals surface area contributed by atoms with Crippen molar-refractivity contribution < 1.29 is 9.59 Å². The van der Waals surface area contributed by atoms with E-state index in [0.717, 1.165) is 46.4 Å². The molecule has 1 saturated heterocycles. The van der Waals surface area contributed by atoms with Gasteiger partial charge in [0.2, 0.25) is 0 Å². The minimum Gasteiger partial charge on any atom is -0.355 e. The normalized spacial score (nSPS) is 18.2. The Hall–Kier alpha value is -3.06. The molecule has 2 heterocycles. The Bertz CT molecular complexity index is 1080. The Morgan fingerprint density at radius 1 is 1.06 bits per heavy atom. The third-order valence-corrected chi connectivity index (χ3v) is 6.68. The van der Waals surface area contributed by atoms with E-state index >= 15 is 0 Å². The molecule has 0 aromatic heterocycles. The van der Waals surface area contributed by atoms with E-state index in [1.165, 1.54) is 0 Å². The molecule has 0 spiro atoms. The van der Waals surface area contributed by atoms with Crippen molar-refractivity contribution in [1.82, 2.24) is 10.2 Å². The van der Waals surface area contributed by atoms with Crippen molar-refractivity contribution in [3.63, 3.8) is 0 Å². The van der Waals surface area contributed by atoms with Crippen LogP contribution in [0.1, 0.15) is 40.9 Å².